The molecule has 0 bridgehead atoms. The zero-order valence-electron chi connectivity index (χ0n) is 16.9. The fourth-order valence-electron chi connectivity index (χ4n) is 2.97. The van der Waals surface area contributed by atoms with Gasteiger partial charge < -0.3 is 19.5 Å². The lowest BCUT2D eigenvalue weighted by Crippen LogP contribution is -2.26. The lowest BCUT2D eigenvalue weighted by molar-refractivity contribution is 0.0951. The number of para-hydroxylation sites is 1. The number of carbonyl (C=O) groups is 1. The summed E-state index contributed by atoms with van der Waals surface area (Å²) in [5.41, 5.74) is 2.47. The molecule has 29 heavy (non-hydrogen) atoms. The number of methoxy groups -OCH3 is 3. The fourth-order valence-corrected chi connectivity index (χ4v) is 4.03. The van der Waals surface area contributed by atoms with Crippen LogP contribution in [0, 0.1) is 6.92 Å². The number of amides is 1. The van der Waals surface area contributed by atoms with Gasteiger partial charge in [-0.1, -0.05) is 12.1 Å². The minimum atomic E-state index is -0.148. The Bertz CT molecular complexity index is 1000. The highest BCUT2D eigenvalue weighted by Crippen LogP contribution is 2.35. The highest BCUT2D eigenvalue weighted by molar-refractivity contribution is 7.15. The third-order valence-electron chi connectivity index (χ3n) is 4.51. The van der Waals surface area contributed by atoms with Crippen LogP contribution in [0.1, 0.15) is 20.9 Å². The molecule has 1 aromatic heterocycles. The van der Waals surface area contributed by atoms with E-state index in [2.05, 4.69) is 10.3 Å². The monoisotopic (exact) mass is 412 g/mol. The summed E-state index contributed by atoms with van der Waals surface area (Å²) in [6.07, 6.45) is 0.706. The van der Waals surface area contributed by atoms with E-state index in [1.165, 1.54) is 0 Å². The zero-order chi connectivity index (χ0) is 20.8. The molecule has 3 aromatic rings. The molecule has 0 aliphatic heterocycles. The van der Waals surface area contributed by atoms with Gasteiger partial charge in [-0.2, -0.15) is 0 Å². The number of thiazole rings is 1. The number of benzene rings is 2. The third kappa shape index (κ3) is 4.68. The topological polar surface area (TPSA) is 69.7 Å². The first-order valence-corrected chi connectivity index (χ1v) is 9.99. The summed E-state index contributed by atoms with van der Waals surface area (Å²) in [6.45, 7) is 2.50. The summed E-state index contributed by atoms with van der Waals surface area (Å²) in [5, 5.41) is 3.87. The number of hydrogen-bond acceptors (Lipinski definition) is 6. The number of aryl methyl sites for hydroxylation is 1. The Morgan fingerprint density at radius 3 is 2.45 bits per heavy atom. The Balaban J connectivity index is 1.67. The standard InChI is InChI=1S/C22H24N2O4S/c1-14-20(11-12-23-21(25)16-7-5-6-8-17(16)26-2)29-22(24-14)15-9-10-18(27-3)19(13-15)28-4/h5-10,13H,11-12H2,1-4H3,(H,23,25). The lowest BCUT2D eigenvalue weighted by Gasteiger charge is -2.08. The summed E-state index contributed by atoms with van der Waals surface area (Å²) >= 11 is 1.62. The van der Waals surface area contributed by atoms with E-state index in [9.17, 15) is 4.79 Å². The molecule has 3 rings (SSSR count). The highest BCUT2D eigenvalue weighted by atomic mass is 32.1. The van der Waals surface area contributed by atoms with Crippen LogP contribution in [0.2, 0.25) is 0 Å². The average molecular weight is 413 g/mol. The van der Waals surface area contributed by atoms with E-state index in [0.717, 1.165) is 21.1 Å². The molecule has 6 nitrogen and oxygen atoms in total. The molecule has 1 N–H and O–H groups in total. The zero-order valence-corrected chi connectivity index (χ0v) is 17.8. The summed E-state index contributed by atoms with van der Waals surface area (Å²) < 4.78 is 15.9. The van der Waals surface area contributed by atoms with Crippen LogP contribution in [0.3, 0.4) is 0 Å². The number of nitrogens with zero attached hydrogens (tertiary/aromatic N) is 1. The first-order chi connectivity index (χ1) is 14.1. The van der Waals surface area contributed by atoms with Gasteiger partial charge in [0.15, 0.2) is 11.5 Å². The molecule has 0 aliphatic rings. The van der Waals surface area contributed by atoms with E-state index in [4.69, 9.17) is 14.2 Å². The first-order valence-electron chi connectivity index (χ1n) is 9.17. The third-order valence-corrected chi connectivity index (χ3v) is 5.78. The minimum Gasteiger partial charge on any atom is -0.496 e. The Morgan fingerprint density at radius 2 is 1.72 bits per heavy atom. The molecule has 0 saturated carbocycles. The van der Waals surface area contributed by atoms with Gasteiger partial charge in [-0.3, -0.25) is 4.79 Å². The molecular weight excluding hydrogens is 388 g/mol. The minimum absolute atomic E-state index is 0.148. The highest BCUT2D eigenvalue weighted by Gasteiger charge is 2.14. The van der Waals surface area contributed by atoms with Gasteiger partial charge in [0.05, 0.1) is 32.6 Å². The van der Waals surface area contributed by atoms with Crippen LogP contribution in [-0.2, 0) is 6.42 Å². The van der Waals surface area contributed by atoms with Crippen LogP contribution < -0.4 is 19.5 Å². The molecule has 0 spiro atoms. The van der Waals surface area contributed by atoms with Crippen molar-refractivity contribution in [3.05, 3.63) is 58.6 Å². The molecule has 7 heteroatoms. The van der Waals surface area contributed by atoms with Gasteiger partial charge in [-0.25, -0.2) is 4.98 Å². The Hall–Kier alpha value is -3.06. The van der Waals surface area contributed by atoms with Gasteiger partial charge >= 0.3 is 0 Å². The predicted molar refractivity (Wildman–Crippen MR) is 114 cm³/mol. The number of nitrogens with one attached hydrogen (secondary N) is 1. The van der Waals surface area contributed by atoms with Crippen molar-refractivity contribution in [1.82, 2.24) is 10.3 Å². The maximum Gasteiger partial charge on any atom is 0.255 e. The summed E-state index contributed by atoms with van der Waals surface area (Å²) in [7, 11) is 4.79. The average Bonchev–Trinajstić information content (AvgIpc) is 3.13. The van der Waals surface area contributed by atoms with Crippen molar-refractivity contribution in [1.29, 1.82) is 0 Å². The maximum atomic E-state index is 12.4. The van der Waals surface area contributed by atoms with Crippen molar-refractivity contribution in [2.45, 2.75) is 13.3 Å². The molecule has 0 atom stereocenters. The van der Waals surface area contributed by atoms with Gasteiger partial charge in [0, 0.05) is 23.4 Å². The van der Waals surface area contributed by atoms with Crippen LogP contribution in [0.25, 0.3) is 10.6 Å². The van der Waals surface area contributed by atoms with Crippen molar-refractivity contribution >= 4 is 17.2 Å². The summed E-state index contributed by atoms with van der Waals surface area (Å²) in [5.74, 6) is 1.77. The number of rotatable bonds is 8. The summed E-state index contributed by atoms with van der Waals surface area (Å²) in [6, 6.07) is 12.9. The Kier molecular flexibility index (Phi) is 6.72. The largest absolute Gasteiger partial charge is 0.496 e. The molecule has 1 heterocycles. The molecule has 0 unspecified atom stereocenters. The van der Waals surface area contributed by atoms with Gasteiger partial charge in [0.2, 0.25) is 0 Å². The van der Waals surface area contributed by atoms with Gasteiger partial charge in [-0.05, 0) is 37.3 Å². The SMILES string of the molecule is COc1ccc(-c2nc(C)c(CCNC(=O)c3ccccc3OC)s2)cc1OC. The van der Waals surface area contributed by atoms with Crippen molar-refractivity contribution in [2.75, 3.05) is 27.9 Å². The Morgan fingerprint density at radius 1 is 1.00 bits per heavy atom. The molecule has 0 saturated heterocycles. The number of carbonyl (C=O) groups excluding carboxylic acids is 1. The number of ether oxygens (including phenoxy) is 3. The molecule has 0 fully saturated rings. The second-order valence-electron chi connectivity index (χ2n) is 6.30. The van der Waals surface area contributed by atoms with E-state index in [0.29, 0.717) is 35.8 Å². The van der Waals surface area contributed by atoms with E-state index in [-0.39, 0.29) is 5.91 Å². The van der Waals surface area contributed by atoms with Crippen LogP contribution in [0.15, 0.2) is 42.5 Å². The van der Waals surface area contributed by atoms with Crippen LogP contribution in [-0.4, -0.2) is 38.8 Å². The molecule has 2 aromatic carbocycles. The van der Waals surface area contributed by atoms with Crippen molar-refractivity contribution < 1.29 is 19.0 Å². The van der Waals surface area contributed by atoms with Gasteiger partial charge in [0.25, 0.3) is 5.91 Å². The molecule has 1 amide bonds. The van der Waals surface area contributed by atoms with Gasteiger partial charge in [-0.15, -0.1) is 11.3 Å². The quantitative estimate of drug-likeness (QED) is 0.603. The molecule has 0 radical (unpaired) electrons. The first kappa shape index (κ1) is 20.7. The second-order valence-corrected chi connectivity index (χ2v) is 7.39. The van der Waals surface area contributed by atoms with Gasteiger partial charge in [0.1, 0.15) is 10.8 Å². The van der Waals surface area contributed by atoms with E-state index in [1.807, 2.05) is 37.3 Å². The van der Waals surface area contributed by atoms with E-state index in [1.54, 1.807) is 44.8 Å². The van der Waals surface area contributed by atoms with E-state index < -0.39 is 0 Å². The second kappa shape index (κ2) is 9.43. The Labute approximate surface area is 174 Å². The van der Waals surface area contributed by atoms with E-state index >= 15 is 0 Å². The smallest absolute Gasteiger partial charge is 0.255 e. The number of aromatic nitrogens is 1. The summed E-state index contributed by atoms with van der Waals surface area (Å²) in [4.78, 5) is 18.2. The normalized spacial score (nSPS) is 10.5. The molecular formula is C22H24N2O4S. The lowest BCUT2D eigenvalue weighted by atomic mass is 10.2. The van der Waals surface area contributed by atoms with Crippen molar-refractivity contribution in [3.63, 3.8) is 0 Å². The maximum absolute atomic E-state index is 12.4. The molecule has 152 valence electrons. The predicted octanol–water partition coefficient (Wildman–Crippen LogP) is 4.12. The van der Waals surface area contributed by atoms with Crippen molar-refractivity contribution in [3.8, 4) is 27.8 Å². The van der Waals surface area contributed by atoms with Crippen LogP contribution >= 0.6 is 11.3 Å². The molecule has 0 aliphatic carbocycles. The van der Waals surface area contributed by atoms with Crippen LogP contribution in [0.5, 0.6) is 17.2 Å². The van der Waals surface area contributed by atoms with Crippen molar-refractivity contribution in [2.24, 2.45) is 0 Å². The van der Waals surface area contributed by atoms with Crippen LogP contribution in [0.4, 0.5) is 0 Å². The number of hydrogen-bond donors (Lipinski definition) is 1. The fraction of sp³-hybridized carbons (Fsp3) is 0.273.